The van der Waals surface area contributed by atoms with Gasteiger partial charge in [0.2, 0.25) is 5.95 Å². The van der Waals surface area contributed by atoms with E-state index in [1.165, 1.54) is 17.9 Å². The van der Waals surface area contributed by atoms with E-state index in [-0.39, 0.29) is 35.8 Å². The van der Waals surface area contributed by atoms with Crippen molar-refractivity contribution in [3.8, 4) is 11.1 Å². The Morgan fingerprint density at radius 1 is 1.13 bits per heavy atom. The van der Waals surface area contributed by atoms with Crippen LogP contribution in [0.1, 0.15) is 49.6 Å². The molecule has 3 atom stereocenters. The fourth-order valence-corrected chi connectivity index (χ4v) is 4.95. The number of carbonyl (C=O) groups excluding carboxylic acids is 1. The van der Waals surface area contributed by atoms with Gasteiger partial charge in [-0.05, 0) is 43.0 Å². The Labute approximate surface area is 225 Å². The van der Waals surface area contributed by atoms with Gasteiger partial charge in [0.05, 0.1) is 17.8 Å². The fraction of sp³-hybridized carbons (Fsp3) is 0.481. The highest BCUT2D eigenvalue weighted by Crippen LogP contribution is 2.35. The fourth-order valence-electron chi connectivity index (χ4n) is 4.95. The number of halogens is 4. The predicted molar refractivity (Wildman–Crippen MR) is 140 cm³/mol. The highest BCUT2D eigenvalue weighted by atomic mass is 19.4. The maximum absolute atomic E-state index is 14.2. The van der Waals surface area contributed by atoms with Crippen LogP contribution in [0, 0.1) is 0 Å². The summed E-state index contributed by atoms with van der Waals surface area (Å²) in [5.74, 6) is 0.314. The third kappa shape index (κ3) is 6.31. The Bertz CT molecular complexity index is 1290. The molecular formula is C27H33F4N7O. The molecule has 0 N–H and O–H groups in total. The van der Waals surface area contributed by atoms with Crippen LogP contribution in [0.5, 0.6) is 0 Å². The van der Waals surface area contributed by atoms with Gasteiger partial charge in [0.1, 0.15) is 6.17 Å². The number of anilines is 1. The number of rotatable bonds is 7. The van der Waals surface area contributed by atoms with Crippen molar-refractivity contribution in [2.75, 3.05) is 25.5 Å². The van der Waals surface area contributed by atoms with Crippen molar-refractivity contribution in [3.05, 3.63) is 59.7 Å². The summed E-state index contributed by atoms with van der Waals surface area (Å²) in [6.07, 6.45) is 1.91. The van der Waals surface area contributed by atoms with E-state index in [1.54, 1.807) is 49.3 Å². The third-order valence-electron chi connectivity index (χ3n) is 7.02. The van der Waals surface area contributed by atoms with Crippen molar-refractivity contribution in [3.63, 3.8) is 0 Å². The molecule has 0 radical (unpaired) electrons. The zero-order chi connectivity index (χ0) is 28.5. The predicted octanol–water partition coefficient (Wildman–Crippen LogP) is 5.47. The number of hydrogen-bond donors (Lipinski definition) is 0. The van der Waals surface area contributed by atoms with E-state index in [0.29, 0.717) is 18.9 Å². The molecule has 8 nitrogen and oxygen atoms in total. The zero-order valence-electron chi connectivity index (χ0n) is 22.7. The van der Waals surface area contributed by atoms with Gasteiger partial charge < -0.3 is 14.7 Å². The average molecular weight is 548 g/mol. The SMILES string of the molecule is CC[C@@H]1C[C@H](N(Cc2cc(C(C)F)cc(C(F)(F)F)c2)c2ncc(-c3cnn(C)c3)cn2)CN1C(=O)N(C)C. The van der Waals surface area contributed by atoms with Gasteiger partial charge in [-0.15, -0.1) is 0 Å². The molecule has 0 saturated carbocycles. The molecule has 3 aromatic rings. The third-order valence-corrected chi connectivity index (χ3v) is 7.02. The maximum Gasteiger partial charge on any atom is 0.416 e. The van der Waals surface area contributed by atoms with Crippen molar-refractivity contribution < 1.29 is 22.4 Å². The molecule has 1 aliphatic rings. The minimum Gasteiger partial charge on any atom is -0.332 e. The number of carbonyl (C=O) groups is 1. The summed E-state index contributed by atoms with van der Waals surface area (Å²) in [6, 6.07) is 2.89. The van der Waals surface area contributed by atoms with E-state index in [1.807, 2.05) is 18.0 Å². The minimum absolute atomic E-state index is 0.0149. The number of amides is 2. The summed E-state index contributed by atoms with van der Waals surface area (Å²) in [7, 11) is 5.17. The van der Waals surface area contributed by atoms with Crippen molar-refractivity contribution in [1.82, 2.24) is 29.5 Å². The van der Waals surface area contributed by atoms with Crippen LogP contribution in [0.25, 0.3) is 11.1 Å². The number of nitrogens with zero attached hydrogens (tertiary/aromatic N) is 7. The highest BCUT2D eigenvalue weighted by Gasteiger charge is 2.39. The van der Waals surface area contributed by atoms with Crippen molar-refractivity contribution in [1.29, 1.82) is 0 Å². The molecule has 0 spiro atoms. The van der Waals surface area contributed by atoms with E-state index in [0.717, 1.165) is 29.7 Å². The summed E-state index contributed by atoms with van der Waals surface area (Å²) in [5.41, 5.74) is 0.894. The van der Waals surface area contributed by atoms with Crippen LogP contribution in [-0.2, 0) is 19.8 Å². The van der Waals surface area contributed by atoms with Crippen LogP contribution in [-0.4, -0.2) is 68.3 Å². The monoisotopic (exact) mass is 547 g/mol. The first-order valence-corrected chi connectivity index (χ1v) is 12.8. The number of aryl methyl sites for hydroxylation is 1. The lowest BCUT2D eigenvalue weighted by molar-refractivity contribution is -0.137. The van der Waals surface area contributed by atoms with Gasteiger partial charge in [-0.25, -0.2) is 19.2 Å². The maximum atomic E-state index is 14.2. The molecule has 39 heavy (non-hydrogen) atoms. The lowest BCUT2D eigenvalue weighted by Gasteiger charge is -2.30. The van der Waals surface area contributed by atoms with Crippen LogP contribution in [0.3, 0.4) is 0 Å². The number of hydrogen-bond acceptors (Lipinski definition) is 5. The Morgan fingerprint density at radius 3 is 2.36 bits per heavy atom. The molecule has 0 aliphatic carbocycles. The van der Waals surface area contributed by atoms with E-state index < -0.39 is 17.9 Å². The van der Waals surface area contributed by atoms with E-state index >= 15 is 0 Å². The Hall–Kier alpha value is -3.70. The molecule has 1 unspecified atom stereocenters. The molecule has 1 aliphatic heterocycles. The summed E-state index contributed by atoms with van der Waals surface area (Å²) in [5, 5.41) is 4.16. The van der Waals surface area contributed by atoms with Crippen molar-refractivity contribution in [2.45, 2.75) is 57.7 Å². The Balaban J connectivity index is 1.73. The molecule has 4 rings (SSSR count). The summed E-state index contributed by atoms with van der Waals surface area (Å²) >= 11 is 0. The first-order chi connectivity index (χ1) is 18.4. The Kier molecular flexibility index (Phi) is 8.12. The van der Waals surface area contributed by atoms with Gasteiger partial charge in [-0.1, -0.05) is 13.0 Å². The second-order valence-electron chi connectivity index (χ2n) is 10.2. The normalized spacial score (nSPS) is 18.3. The molecule has 1 aromatic carbocycles. The van der Waals surface area contributed by atoms with E-state index in [2.05, 4.69) is 15.1 Å². The highest BCUT2D eigenvalue weighted by molar-refractivity contribution is 5.74. The number of aromatic nitrogens is 4. The van der Waals surface area contributed by atoms with Crippen LogP contribution in [0.15, 0.2) is 43.0 Å². The standard InChI is InChI=1S/C27H33F4N7O/c1-6-23-10-24(16-38(23)26(39)35(3)4)37(25-32-11-20(12-33-25)21-13-34-36(5)15-21)14-18-7-19(17(2)28)9-22(8-18)27(29,30)31/h7-9,11-13,15,17,23-24H,6,10,14,16H2,1-5H3/t17?,23-,24+/m1/s1. The summed E-state index contributed by atoms with van der Waals surface area (Å²) in [4.78, 5) is 27.1. The smallest absolute Gasteiger partial charge is 0.332 e. The molecule has 2 aromatic heterocycles. The lowest BCUT2D eigenvalue weighted by Crippen LogP contribution is -2.44. The van der Waals surface area contributed by atoms with Gasteiger partial charge in [0, 0.05) is 70.0 Å². The topological polar surface area (TPSA) is 70.4 Å². The molecule has 210 valence electrons. The van der Waals surface area contributed by atoms with Gasteiger partial charge in [-0.3, -0.25) is 4.68 Å². The number of urea groups is 1. The van der Waals surface area contributed by atoms with Gasteiger partial charge >= 0.3 is 12.2 Å². The van der Waals surface area contributed by atoms with Gasteiger partial charge in [0.25, 0.3) is 0 Å². The van der Waals surface area contributed by atoms with Crippen molar-refractivity contribution >= 4 is 12.0 Å². The van der Waals surface area contributed by atoms with Crippen LogP contribution < -0.4 is 4.90 Å². The first-order valence-electron chi connectivity index (χ1n) is 12.8. The average Bonchev–Trinajstić information content (AvgIpc) is 3.52. The molecule has 3 heterocycles. The number of alkyl halides is 4. The number of benzene rings is 1. The first kappa shape index (κ1) is 28.3. The van der Waals surface area contributed by atoms with Crippen molar-refractivity contribution in [2.24, 2.45) is 7.05 Å². The second kappa shape index (κ2) is 11.2. The van der Waals surface area contributed by atoms with E-state index in [9.17, 15) is 22.4 Å². The van der Waals surface area contributed by atoms with Gasteiger partial charge in [-0.2, -0.15) is 18.3 Å². The Morgan fingerprint density at radius 2 is 1.82 bits per heavy atom. The van der Waals surface area contributed by atoms with Gasteiger partial charge in [0.15, 0.2) is 0 Å². The molecule has 2 amide bonds. The largest absolute Gasteiger partial charge is 0.416 e. The zero-order valence-corrected chi connectivity index (χ0v) is 22.7. The minimum atomic E-state index is -4.62. The van der Waals surface area contributed by atoms with Crippen LogP contribution >= 0.6 is 0 Å². The summed E-state index contributed by atoms with van der Waals surface area (Å²) < 4.78 is 56.9. The number of likely N-dealkylation sites (tertiary alicyclic amines) is 1. The summed E-state index contributed by atoms with van der Waals surface area (Å²) in [6.45, 7) is 3.58. The lowest BCUT2D eigenvalue weighted by atomic mass is 10.0. The van der Waals surface area contributed by atoms with Crippen LogP contribution in [0.2, 0.25) is 0 Å². The molecule has 12 heteroatoms. The molecular weight excluding hydrogens is 514 g/mol. The second-order valence-corrected chi connectivity index (χ2v) is 10.2. The quantitative estimate of drug-likeness (QED) is 0.367. The van der Waals surface area contributed by atoms with Crippen LogP contribution in [0.4, 0.5) is 28.3 Å². The molecule has 1 saturated heterocycles. The molecule has 0 bridgehead atoms. The molecule has 1 fully saturated rings. The van der Waals surface area contributed by atoms with E-state index in [4.69, 9.17) is 0 Å².